The van der Waals surface area contributed by atoms with Crippen molar-refractivity contribution >= 4 is 11.6 Å². The van der Waals surface area contributed by atoms with E-state index in [1.807, 2.05) is 6.07 Å². The third-order valence-electron chi connectivity index (χ3n) is 2.57. The van der Waals surface area contributed by atoms with E-state index in [-0.39, 0.29) is 5.82 Å². The molecule has 1 aliphatic rings. The van der Waals surface area contributed by atoms with Crippen molar-refractivity contribution in [2.45, 2.75) is 25.3 Å². The standard InChI is InChI=1S/C11H13ClFN/c12-9-4-8(5-10(13)7-9)6-11-2-1-3-14-11/h4-5,7,11,14H,1-3,6H2/t11-/m0/s1. The van der Waals surface area contributed by atoms with Crippen LogP contribution in [0.3, 0.4) is 0 Å². The molecule has 0 bridgehead atoms. The van der Waals surface area contributed by atoms with Crippen molar-refractivity contribution in [2.24, 2.45) is 0 Å². The monoisotopic (exact) mass is 213 g/mol. The molecule has 1 aromatic rings. The molecule has 1 aromatic carbocycles. The Kier molecular flexibility index (Phi) is 3.04. The summed E-state index contributed by atoms with van der Waals surface area (Å²) >= 11 is 5.78. The predicted octanol–water partition coefficient (Wildman–Crippen LogP) is 2.77. The first-order chi connectivity index (χ1) is 6.74. The minimum absolute atomic E-state index is 0.245. The lowest BCUT2D eigenvalue weighted by atomic mass is 10.0. The molecule has 0 amide bonds. The summed E-state index contributed by atoms with van der Waals surface area (Å²) in [4.78, 5) is 0. The van der Waals surface area contributed by atoms with Gasteiger partial charge in [-0.15, -0.1) is 0 Å². The zero-order valence-electron chi connectivity index (χ0n) is 7.89. The topological polar surface area (TPSA) is 12.0 Å². The van der Waals surface area contributed by atoms with Gasteiger partial charge in [-0.3, -0.25) is 0 Å². The molecule has 0 aromatic heterocycles. The Hall–Kier alpha value is -0.600. The highest BCUT2D eigenvalue weighted by atomic mass is 35.5. The van der Waals surface area contributed by atoms with Crippen LogP contribution in [0, 0.1) is 5.82 Å². The lowest BCUT2D eigenvalue weighted by Gasteiger charge is -2.10. The molecule has 1 heterocycles. The molecule has 1 atom stereocenters. The van der Waals surface area contributed by atoms with E-state index in [2.05, 4.69) is 5.32 Å². The van der Waals surface area contributed by atoms with E-state index in [0.717, 1.165) is 18.5 Å². The Bertz CT molecular complexity index is 301. The molecule has 1 N–H and O–H groups in total. The van der Waals surface area contributed by atoms with Gasteiger partial charge in [-0.1, -0.05) is 11.6 Å². The molecular weight excluding hydrogens is 201 g/mol. The van der Waals surface area contributed by atoms with Crippen molar-refractivity contribution in [3.8, 4) is 0 Å². The molecule has 1 saturated heterocycles. The molecule has 1 aliphatic heterocycles. The maximum Gasteiger partial charge on any atom is 0.124 e. The molecule has 1 fully saturated rings. The van der Waals surface area contributed by atoms with Crippen LogP contribution in [0.5, 0.6) is 0 Å². The van der Waals surface area contributed by atoms with Crippen LogP contribution >= 0.6 is 11.6 Å². The SMILES string of the molecule is Fc1cc(Cl)cc(C[C@@H]2CCCN2)c1. The maximum atomic E-state index is 13.0. The van der Waals surface area contributed by atoms with Crippen LogP contribution in [0.1, 0.15) is 18.4 Å². The second-order valence-electron chi connectivity index (χ2n) is 3.78. The summed E-state index contributed by atoms with van der Waals surface area (Å²) in [5, 5.41) is 3.86. The third kappa shape index (κ3) is 2.46. The molecule has 0 saturated carbocycles. The smallest absolute Gasteiger partial charge is 0.124 e. The maximum absolute atomic E-state index is 13.0. The lowest BCUT2D eigenvalue weighted by Crippen LogP contribution is -2.23. The van der Waals surface area contributed by atoms with Gasteiger partial charge in [-0.05, 0) is 49.6 Å². The Labute approximate surface area is 88.3 Å². The van der Waals surface area contributed by atoms with E-state index in [0.29, 0.717) is 11.1 Å². The number of nitrogens with one attached hydrogen (secondary N) is 1. The molecule has 14 heavy (non-hydrogen) atoms. The molecular formula is C11H13ClFN. The Balaban J connectivity index is 2.07. The van der Waals surface area contributed by atoms with Gasteiger partial charge in [0, 0.05) is 11.1 Å². The fourth-order valence-corrected chi connectivity index (χ4v) is 2.19. The first kappa shape index (κ1) is 9.94. The number of benzene rings is 1. The summed E-state index contributed by atoms with van der Waals surface area (Å²) < 4.78 is 13.0. The summed E-state index contributed by atoms with van der Waals surface area (Å²) in [7, 11) is 0. The average molecular weight is 214 g/mol. The van der Waals surface area contributed by atoms with E-state index in [9.17, 15) is 4.39 Å². The van der Waals surface area contributed by atoms with Crippen LogP contribution in [-0.2, 0) is 6.42 Å². The van der Waals surface area contributed by atoms with Crippen molar-refractivity contribution in [1.29, 1.82) is 0 Å². The van der Waals surface area contributed by atoms with Crippen LogP contribution in [-0.4, -0.2) is 12.6 Å². The molecule has 1 nitrogen and oxygen atoms in total. The highest BCUT2D eigenvalue weighted by molar-refractivity contribution is 6.30. The van der Waals surface area contributed by atoms with Crippen molar-refractivity contribution in [3.63, 3.8) is 0 Å². The van der Waals surface area contributed by atoms with Crippen molar-refractivity contribution in [2.75, 3.05) is 6.54 Å². The second kappa shape index (κ2) is 4.28. The normalized spacial score (nSPS) is 21.4. The molecule has 0 spiro atoms. The Morgan fingerprint density at radius 1 is 1.43 bits per heavy atom. The van der Waals surface area contributed by atoms with Gasteiger partial charge < -0.3 is 5.32 Å². The lowest BCUT2D eigenvalue weighted by molar-refractivity contribution is 0.593. The van der Waals surface area contributed by atoms with E-state index < -0.39 is 0 Å². The molecule has 0 unspecified atom stereocenters. The molecule has 76 valence electrons. The Morgan fingerprint density at radius 3 is 2.93 bits per heavy atom. The van der Waals surface area contributed by atoms with Crippen LogP contribution in [0.2, 0.25) is 5.02 Å². The number of rotatable bonds is 2. The average Bonchev–Trinajstić information content (AvgIpc) is 2.54. The van der Waals surface area contributed by atoms with Crippen molar-refractivity contribution in [3.05, 3.63) is 34.6 Å². The van der Waals surface area contributed by atoms with Gasteiger partial charge >= 0.3 is 0 Å². The summed E-state index contributed by atoms with van der Waals surface area (Å²) in [6.45, 7) is 1.08. The quantitative estimate of drug-likeness (QED) is 0.797. The highest BCUT2D eigenvalue weighted by Crippen LogP contribution is 2.17. The summed E-state index contributed by atoms with van der Waals surface area (Å²) in [5.41, 5.74) is 0.981. The van der Waals surface area contributed by atoms with Crippen LogP contribution < -0.4 is 5.32 Å². The second-order valence-corrected chi connectivity index (χ2v) is 4.21. The zero-order chi connectivity index (χ0) is 9.97. The molecule has 0 aliphatic carbocycles. The number of halogens is 2. The first-order valence-electron chi connectivity index (χ1n) is 4.92. The highest BCUT2D eigenvalue weighted by Gasteiger charge is 2.14. The molecule has 3 heteroatoms. The Morgan fingerprint density at radius 2 is 2.29 bits per heavy atom. The minimum atomic E-state index is -0.245. The predicted molar refractivity (Wildman–Crippen MR) is 56.1 cm³/mol. The van der Waals surface area contributed by atoms with E-state index in [4.69, 9.17) is 11.6 Å². The third-order valence-corrected chi connectivity index (χ3v) is 2.79. The van der Waals surface area contributed by atoms with Gasteiger partial charge in [-0.2, -0.15) is 0 Å². The van der Waals surface area contributed by atoms with Gasteiger partial charge in [0.15, 0.2) is 0 Å². The van der Waals surface area contributed by atoms with Crippen LogP contribution in [0.25, 0.3) is 0 Å². The van der Waals surface area contributed by atoms with E-state index >= 15 is 0 Å². The molecule has 2 rings (SSSR count). The van der Waals surface area contributed by atoms with Crippen LogP contribution in [0.4, 0.5) is 4.39 Å². The van der Waals surface area contributed by atoms with Gasteiger partial charge in [0.1, 0.15) is 5.82 Å². The zero-order valence-corrected chi connectivity index (χ0v) is 8.65. The van der Waals surface area contributed by atoms with Gasteiger partial charge in [-0.25, -0.2) is 4.39 Å². The van der Waals surface area contributed by atoms with Gasteiger partial charge in [0.25, 0.3) is 0 Å². The molecule has 0 radical (unpaired) electrons. The minimum Gasteiger partial charge on any atom is -0.314 e. The van der Waals surface area contributed by atoms with Gasteiger partial charge in [0.2, 0.25) is 0 Å². The summed E-state index contributed by atoms with van der Waals surface area (Å²) in [5.74, 6) is -0.245. The van der Waals surface area contributed by atoms with E-state index in [1.165, 1.54) is 18.9 Å². The largest absolute Gasteiger partial charge is 0.314 e. The summed E-state index contributed by atoms with van der Waals surface area (Å²) in [6.07, 6.45) is 3.26. The number of hydrogen-bond acceptors (Lipinski definition) is 1. The van der Waals surface area contributed by atoms with Crippen molar-refractivity contribution < 1.29 is 4.39 Å². The van der Waals surface area contributed by atoms with Crippen LogP contribution in [0.15, 0.2) is 18.2 Å². The van der Waals surface area contributed by atoms with Crippen molar-refractivity contribution in [1.82, 2.24) is 5.32 Å². The number of hydrogen-bond donors (Lipinski definition) is 1. The van der Waals surface area contributed by atoms with E-state index in [1.54, 1.807) is 6.07 Å². The first-order valence-corrected chi connectivity index (χ1v) is 5.30. The fraction of sp³-hybridized carbons (Fsp3) is 0.455. The summed E-state index contributed by atoms with van der Waals surface area (Å²) in [6, 6.07) is 5.23. The van der Waals surface area contributed by atoms with Gasteiger partial charge in [0.05, 0.1) is 0 Å². The fourth-order valence-electron chi connectivity index (χ4n) is 1.94.